The van der Waals surface area contributed by atoms with Crippen LogP contribution in [0.1, 0.15) is 33.6 Å². The summed E-state index contributed by atoms with van der Waals surface area (Å²) < 4.78 is 30.1. The Kier molecular flexibility index (Phi) is 7.64. The fourth-order valence-electron chi connectivity index (χ4n) is 3.38. The normalized spacial score (nSPS) is 12.6. The van der Waals surface area contributed by atoms with E-state index in [1.54, 1.807) is 27.8 Å². The molecule has 5 nitrogen and oxygen atoms in total. The number of hydrogen-bond acceptors (Lipinski definition) is 4. The van der Waals surface area contributed by atoms with Crippen molar-refractivity contribution in [3.8, 4) is 11.3 Å². The van der Waals surface area contributed by atoms with Crippen LogP contribution in [0.25, 0.3) is 11.3 Å². The van der Waals surface area contributed by atoms with Gasteiger partial charge >= 0.3 is 0 Å². The number of nitrogens with zero attached hydrogens (tertiary/aromatic N) is 3. The predicted molar refractivity (Wildman–Crippen MR) is 124 cm³/mol. The minimum atomic E-state index is -3.51. The summed E-state index contributed by atoms with van der Waals surface area (Å²) in [4.78, 5) is 6.00. The van der Waals surface area contributed by atoms with E-state index in [2.05, 4.69) is 11.5 Å². The zero-order valence-corrected chi connectivity index (χ0v) is 19.4. The van der Waals surface area contributed by atoms with Crippen molar-refractivity contribution >= 4 is 27.0 Å². The van der Waals surface area contributed by atoms with Gasteiger partial charge in [-0.1, -0.05) is 44.2 Å². The molecule has 0 atom stereocenters. The lowest BCUT2D eigenvalue weighted by Crippen LogP contribution is -2.32. The highest BCUT2D eigenvalue weighted by Crippen LogP contribution is 2.25. The molecule has 30 heavy (non-hydrogen) atoms. The molecule has 0 radical (unpaired) electrons. The van der Waals surface area contributed by atoms with Gasteiger partial charge in [0.15, 0.2) is 4.80 Å². The minimum Gasteiger partial charge on any atom is -0.317 e. The lowest BCUT2D eigenvalue weighted by molar-refractivity contribution is 0.410. The molecule has 0 spiro atoms. The molecule has 3 aromatic rings. The summed E-state index contributed by atoms with van der Waals surface area (Å²) in [6.45, 7) is 7.90. The Labute approximate surface area is 183 Å². The van der Waals surface area contributed by atoms with Crippen molar-refractivity contribution in [2.45, 2.75) is 45.1 Å². The standard InChI is InChI=1S/C23H29N3O2S2/c1-4-15-25(16-5-2)30(27,28)21-14-10-11-19(17-21)22-18-29-23(26(22)6-3)24-20-12-8-7-9-13-20/h7-14,17-18H,4-6,15-16H2,1-3H3. The first-order chi connectivity index (χ1) is 14.5. The SMILES string of the molecule is CCCN(CCC)S(=O)(=O)c1cccc(-c2csc(=Nc3ccccc3)n2CC)c1. The zero-order valence-electron chi connectivity index (χ0n) is 17.8. The molecule has 1 heterocycles. The number of benzene rings is 2. The maximum atomic E-state index is 13.2. The summed E-state index contributed by atoms with van der Waals surface area (Å²) in [7, 11) is -3.51. The summed E-state index contributed by atoms with van der Waals surface area (Å²) in [6.07, 6.45) is 1.59. The molecular weight excluding hydrogens is 414 g/mol. The molecule has 0 aliphatic heterocycles. The topological polar surface area (TPSA) is 54.7 Å². The molecule has 0 unspecified atom stereocenters. The Morgan fingerprint density at radius 2 is 1.67 bits per heavy atom. The van der Waals surface area contributed by atoms with Gasteiger partial charge in [-0.2, -0.15) is 4.31 Å². The summed E-state index contributed by atoms with van der Waals surface area (Å²) in [5.41, 5.74) is 2.77. The molecule has 0 bridgehead atoms. The smallest absolute Gasteiger partial charge is 0.243 e. The van der Waals surface area contributed by atoms with Crippen LogP contribution in [0, 0.1) is 0 Å². The van der Waals surface area contributed by atoms with E-state index in [9.17, 15) is 8.42 Å². The van der Waals surface area contributed by atoms with E-state index < -0.39 is 10.0 Å². The Balaban J connectivity index is 2.04. The lowest BCUT2D eigenvalue weighted by Gasteiger charge is -2.21. The summed E-state index contributed by atoms with van der Waals surface area (Å²) in [5, 5.41) is 2.05. The van der Waals surface area contributed by atoms with Gasteiger partial charge in [-0.25, -0.2) is 13.4 Å². The van der Waals surface area contributed by atoms with Gasteiger partial charge in [0.1, 0.15) is 0 Å². The number of aromatic nitrogens is 1. The average molecular weight is 444 g/mol. The van der Waals surface area contributed by atoms with Gasteiger partial charge in [0.05, 0.1) is 16.3 Å². The number of para-hydroxylation sites is 1. The molecule has 0 saturated heterocycles. The second kappa shape index (κ2) is 10.2. The monoisotopic (exact) mass is 443 g/mol. The third-order valence-corrected chi connectivity index (χ3v) is 7.57. The highest BCUT2D eigenvalue weighted by Gasteiger charge is 2.23. The van der Waals surface area contributed by atoms with Gasteiger partial charge < -0.3 is 4.57 Å². The summed E-state index contributed by atoms with van der Waals surface area (Å²) in [5.74, 6) is 0. The second-order valence-electron chi connectivity index (χ2n) is 7.03. The van der Waals surface area contributed by atoms with Crippen molar-refractivity contribution in [2.24, 2.45) is 4.99 Å². The fraction of sp³-hybridized carbons (Fsp3) is 0.348. The van der Waals surface area contributed by atoms with E-state index in [1.807, 2.05) is 61.7 Å². The first-order valence-corrected chi connectivity index (χ1v) is 12.7. The molecule has 160 valence electrons. The molecule has 3 rings (SSSR count). The van der Waals surface area contributed by atoms with Gasteiger partial charge in [-0.15, -0.1) is 11.3 Å². The van der Waals surface area contributed by atoms with Crippen LogP contribution in [0.3, 0.4) is 0 Å². The molecule has 7 heteroatoms. The zero-order chi connectivity index (χ0) is 21.6. The molecule has 0 aliphatic rings. The molecule has 0 fully saturated rings. The first-order valence-electron chi connectivity index (χ1n) is 10.4. The van der Waals surface area contributed by atoms with E-state index >= 15 is 0 Å². The van der Waals surface area contributed by atoms with Crippen LogP contribution in [-0.4, -0.2) is 30.4 Å². The molecule has 0 amide bonds. The third kappa shape index (κ3) is 4.91. The van der Waals surface area contributed by atoms with Crippen LogP contribution < -0.4 is 4.80 Å². The van der Waals surface area contributed by atoms with Crippen LogP contribution in [0.5, 0.6) is 0 Å². The van der Waals surface area contributed by atoms with Crippen molar-refractivity contribution < 1.29 is 8.42 Å². The average Bonchev–Trinajstić information content (AvgIpc) is 3.17. The fourth-order valence-corrected chi connectivity index (χ4v) is 6.05. The molecule has 0 N–H and O–H groups in total. The molecule has 2 aromatic carbocycles. The third-order valence-electron chi connectivity index (χ3n) is 4.81. The van der Waals surface area contributed by atoms with Crippen molar-refractivity contribution in [1.29, 1.82) is 0 Å². The van der Waals surface area contributed by atoms with Crippen LogP contribution in [-0.2, 0) is 16.6 Å². The van der Waals surface area contributed by atoms with Crippen LogP contribution in [0.2, 0.25) is 0 Å². The van der Waals surface area contributed by atoms with E-state index in [-0.39, 0.29) is 0 Å². The second-order valence-corrected chi connectivity index (χ2v) is 9.80. The maximum Gasteiger partial charge on any atom is 0.243 e. The Morgan fingerprint density at radius 1 is 0.967 bits per heavy atom. The number of thiazole rings is 1. The van der Waals surface area contributed by atoms with Crippen molar-refractivity contribution in [3.05, 3.63) is 64.8 Å². The predicted octanol–water partition coefficient (Wildman–Crippen LogP) is 5.28. The van der Waals surface area contributed by atoms with Crippen LogP contribution >= 0.6 is 11.3 Å². The maximum absolute atomic E-state index is 13.2. The first kappa shape index (κ1) is 22.5. The van der Waals surface area contributed by atoms with E-state index in [0.29, 0.717) is 18.0 Å². The molecule has 1 aromatic heterocycles. The number of rotatable bonds is 9. The van der Waals surface area contributed by atoms with Crippen molar-refractivity contribution in [1.82, 2.24) is 8.87 Å². The van der Waals surface area contributed by atoms with Gasteiger partial charge in [0, 0.05) is 30.6 Å². The van der Waals surface area contributed by atoms with Gasteiger partial charge in [-0.3, -0.25) is 0 Å². The Bertz CT molecular complexity index is 1130. The highest BCUT2D eigenvalue weighted by molar-refractivity contribution is 7.89. The van der Waals surface area contributed by atoms with E-state index in [1.165, 1.54) is 0 Å². The molecule has 0 aliphatic carbocycles. The van der Waals surface area contributed by atoms with Gasteiger partial charge in [0.2, 0.25) is 10.0 Å². The molecule has 0 saturated carbocycles. The Hall–Kier alpha value is -2.22. The minimum absolute atomic E-state index is 0.345. The quantitative estimate of drug-likeness (QED) is 0.452. The Morgan fingerprint density at radius 3 is 2.30 bits per heavy atom. The molecular formula is C23H29N3O2S2. The van der Waals surface area contributed by atoms with Gasteiger partial charge in [0.25, 0.3) is 0 Å². The van der Waals surface area contributed by atoms with E-state index in [0.717, 1.165) is 41.1 Å². The summed E-state index contributed by atoms with van der Waals surface area (Å²) >= 11 is 1.56. The van der Waals surface area contributed by atoms with Crippen molar-refractivity contribution in [3.63, 3.8) is 0 Å². The van der Waals surface area contributed by atoms with E-state index in [4.69, 9.17) is 4.99 Å². The summed E-state index contributed by atoms with van der Waals surface area (Å²) in [6, 6.07) is 17.1. The largest absolute Gasteiger partial charge is 0.317 e. The van der Waals surface area contributed by atoms with Crippen LogP contribution in [0.15, 0.2) is 69.9 Å². The van der Waals surface area contributed by atoms with Gasteiger partial charge in [-0.05, 0) is 44.0 Å². The lowest BCUT2D eigenvalue weighted by atomic mass is 10.2. The highest BCUT2D eigenvalue weighted by atomic mass is 32.2. The van der Waals surface area contributed by atoms with Crippen molar-refractivity contribution in [2.75, 3.05) is 13.1 Å². The number of sulfonamides is 1. The number of hydrogen-bond donors (Lipinski definition) is 0. The van der Waals surface area contributed by atoms with Crippen LogP contribution in [0.4, 0.5) is 5.69 Å².